The molecule has 0 saturated carbocycles. The second-order valence-corrected chi connectivity index (χ2v) is 13.2. The SMILES string of the molecule is CC1(C)c2cc(-c3ccc(C4=CC=CCN4)nc3)ccc2-c2cc3c(-c4ccccc4)c4ccccc4c(-c4ccccc4)c3cc21. The van der Waals surface area contributed by atoms with E-state index >= 15 is 0 Å². The molecule has 0 unspecified atom stereocenters. The second-order valence-electron chi connectivity index (χ2n) is 13.2. The highest BCUT2D eigenvalue weighted by molar-refractivity contribution is 6.22. The van der Waals surface area contributed by atoms with Gasteiger partial charge in [0.25, 0.3) is 0 Å². The van der Waals surface area contributed by atoms with Gasteiger partial charge in [0.15, 0.2) is 0 Å². The number of benzene rings is 6. The van der Waals surface area contributed by atoms with Crippen LogP contribution in [0.3, 0.4) is 0 Å². The van der Waals surface area contributed by atoms with Crippen molar-refractivity contribution < 1.29 is 0 Å². The van der Waals surface area contributed by atoms with E-state index in [1.165, 1.54) is 71.6 Å². The molecule has 2 heterocycles. The van der Waals surface area contributed by atoms with Gasteiger partial charge in [-0.3, -0.25) is 4.98 Å². The maximum atomic E-state index is 4.82. The number of dihydropyridines is 1. The minimum Gasteiger partial charge on any atom is -0.380 e. The molecular weight excluding hydrogens is 569 g/mol. The van der Waals surface area contributed by atoms with Crippen molar-refractivity contribution >= 4 is 27.2 Å². The van der Waals surface area contributed by atoms with E-state index in [9.17, 15) is 0 Å². The van der Waals surface area contributed by atoms with E-state index in [1.54, 1.807) is 0 Å². The summed E-state index contributed by atoms with van der Waals surface area (Å²) >= 11 is 0. The Bertz CT molecular complexity index is 2400. The molecule has 0 fully saturated rings. The van der Waals surface area contributed by atoms with E-state index in [0.717, 1.165) is 23.5 Å². The topological polar surface area (TPSA) is 24.9 Å². The molecule has 0 amide bonds. The Hall–Kier alpha value is -5.73. The Morgan fingerprint density at radius 2 is 1.17 bits per heavy atom. The van der Waals surface area contributed by atoms with Gasteiger partial charge in [0.1, 0.15) is 0 Å². The van der Waals surface area contributed by atoms with Gasteiger partial charge < -0.3 is 5.32 Å². The van der Waals surface area contributed by atoms with Crippen LogP contribution in [0.2, 0.25) is 0 Å². The number of hydrogen-bond donors (Lipinski definition) is 1. The lowest BCUT2D eigenvalue weighted by Crippen LogP contribution is -2.15. The lowest BCUT2D eigenvalue weighted by molar-refractivity contribution is 0.661. The Labute approximate surface area is 275 Å². The van der Waals surface area contributed by atoms with Crippen LogP contribution in [0.25, 0.3) is 71.7 Å². The summed E-state index contributed by atoms with van der Waals surface area (Å²) in [5, 5.41) is 8.57. The molecule has 9 rings (SSSR count). The third-order valence-electron chi connectivity index (χ3n) is 10.1. The van der Waals surface area contributed by atoms with Gasteiger partial charge >= 0.3 is 0 Å². The summed E-state index contributed by atoms with van der Waals surface area (Å²) in [5.41, 5.74) is 14.6. The molecule has 0 saturated heterocycles. The van der Waals surface area contributed by atoms with Crippen molar-refractivity contribution in [2.45, 2.75) is 19.3 Å². The standard InChI is InChI=1S/C45H34N2/c1-45(2)39-25-31(32-21-23-42(47-28-32)41-19-11-12-24-46-41)20-22-33(39)36-26-37-38(27-40(36)45)44(30-15-7-4-8-16-30)35-18-10-9-17-34(35)43(37)29-13-5-3-6-14-29/h3-23,25-28,46H,24H2,1-2H3. The fraction of sp³-hybridized carbons (Fsp3) is 0.0889. The van der Waals surface area contributed by atoms with E-state index in [-0.39, 0.29) is 5.41 Å². The van der Waals surface area contributed by atoms with Crippen LogP contribution in [0.15, 0.2) is 152 Å². The lowest BCUT2D eigenvalue weighted by Gasteiger charge is -2.24. The number of hydrogen-bond acceptors (Lipinski definition) is 2. The average molecular weight is 603 g/mol. The minimum absolute atomic E-state index is 0.169. The molecule has 1 aromatic heterocycles. The molecule has 1 aliphatic carbocycles. The van der Waals surface area contributed by atoms with Crippen molar-refractivity contribution in [1.82, 2.24) is 10.3 Å². The molecule has 6 aromatic carbocycles. The van der Waals surface area contributed by atoms with Gasteiger partial charge in [-0.1, -0.05) is 129 Å². The first-order valence-corrected chi connectivity index (χ1v) is 16.4. The fourth-order valence-corrected chi connectivity index (χ4v) is 7.78. The minimum atomic E-state index is -0.169. The summed E-state index contributed by atoms with van der Waals surface area (Å²) in [6.45, 7) is 5.59. The predicted octanol–water partition coefficient (Wildman–Crippen LogP) is 11.2. The van der Waals surface area contributed by atoms with Crippen molar-refractivity contribution in [3.8, 4) is 44.5 Å². The molecule has 1 N–H and O–H groups in total. The average Bonchev–Trinajstić information content (AvgIpc) is 3.35. The molecule has 2 aliphatic rings. The maximum absolute atomic E-state index is 4.82. The van der Waals surface area contributed by atoms with Crippen LogP contribution >= 0.6 is 0 Å². The molecule has 0 radical (unpaired) electrons. The first-order chi connectivity index (χ1) is 23.1. The van der Waals surface area contributed by atoms with Crippen molar-refractivity contribution in [1.29, 1.82) is 0 Å². The number of nitrogens with zero attached hydrogens (tertiary/aromatic N) is 1. The molecule has 2 nitrogen and oxygen atoms in total. The molecular formula is C45H34N2. The number of nitrogens with one attached hydrogen (secondary N) is 1. The number of allylic oxidation sites excluding steroid dienone is 2. The maximum Gasteiger partial charge on any atom is 0.0861 e. The predicted molar refractivity (Wildman–Crippen MR) is 198 cm³/mol. The quantitative estimate of drug-likeness (QED) is 0.203. The van der Waals surface area contributed by atoms with Gasteiger partial charge in [-0.15, -0.1) is 0 Å². The third-order valence-corrected chi connectivity index (χ3v) is 10.1. The zero-order valence-corrected chi connectivity index (χ0v) is 26.6. The largest absolute Gasteiger partial charge is 0.380 e. The van der Waals surface area contributed by atoms with Crippen LogP contribution in [0.1, 0.15) is 30.7 Å². The Morgan fingerprint density at radius 1 is 0.553 bits per heavy atom. The van der Waals surface area contributed by atoms with Crippen LogP contribution in [0.5, 0.6) is 0 Å². The van der Waals surface area contributed by atoms with E-state index in [2.05, 4.69) is 165 Å². The number of pyridine rings is 1. The lowest BCUT2D eigenvalue weighted by atomic mass is 9.79. The summed E-state index contributed by atoms with van der Waals surface area (Å²) in [4.78, 5) is 4.82. The fourth-order valence-electron chi connectivity index (χ4n) is 7.78. The molecule has 0 bridgehead atoms. The first kappa shape index (κ1) is 27.6. The Morgan fingerprint density at radius 3 is 1.79 bits per heavy atom. The molecule has 7 aromatic rings. The van der Waals surface area contributed by atoms with E-state index < -0.39 is 0 Å². The van der Waals surface area contributed by atoms with Gasteiger partial charge in [-0.25, -0.2) is 0 Å². The molecule has 0 atom stereocenters. The second kappa shape index (κ2) is 10.7. The summed E-state index contributed by atoms with van der Waals surface area (Å²) < 4.78 is 0. The highest BCUT2D eigenvalue weighted by Crippen LogP contribution is 2.53. The van der Waals surface area contributed by atoms with E-state index in [4.69, 9.17) is 4.98 Å². The molecule has 224 valence electrons. The van der Waals surface area contributed by atoms with Crippen LogP contribution in [0.4, 0.5) is 0 Å². The summed E-state index contributed by atoms with van der Waals surface area (Å²) in [6, 6.07) is 47.0. The van der Waals surface area contributed by atoms with E-state index in [1.807, 2.05) is 6.20 Å². The normalized spacial score (nSPS) is 14.5. The van der Waals surface area contributed by atoms with Crippen molar-refractivity contribution in [2.24, 2.45) is 0 Å². The molecule has 0 spiro atoms. The van der Waals surface area contributed by atoms with Crippen LogP contribution in [-0.2, 0) is 5.41 Å². The molecule has 47 heavy (non-hydrogen) atoms. The number of fused-ring (bicyclic) bond motifs is 5. The van der Waals surface area contributed by atoms with Crippen LogP contribution in [0, 0.1) is 0 Å². The van der Waals surface area contributed by atoms with Gasteiger partial charge in [-0.05, 0) is 102 Å². The van der Waals surface area contributed by atoms with Crippen LogP contribution < -0.4 is 5.32 Å². The third kappa shape index (κ3) is 4.36. The number of rotatable bonds is 4. The zero-order valence-electron chi connectivity index (χ0n) is 26.6. The highest BCUT2D eigenvalue weighted by atomic mass is 14.9. The van der Waals surface area contributed by atoms with E-state index in [0.29, 0.717) is 0 Å². The Balaban J connectivity index is 1.27. The van der Waals surface area contributed by atoms with Crippen molar-refractivity contribution in [3.63, 3.8) is 0 Å². The molecule has 2 heteroatoms. The van der Waals surface area contributed by atoms with Gasteiger partial charge in [0.05, 0.1) is 11.4 Å². The smallest absolute Gasteiger partial charge is 0.0861 e. The summed E-state index contributed by atoms with van der Waals surface area (Å²) in [5.74, 6) is 0. The zero-order chi connectivity index (χ0) is 31.5. The first-order valence-electron chi connectivity index (χ1n) is 16.4. The van der Waals surface area contributed by atoms with Gasteiger partial charge in [0.2, 0.25) is 0 Å². The van der Waals surface area contributed by atoms with Crippen molar-refractivity contribution in [2.75, 3.05) is 6.54 Å². The Kier molecular flexibility index (Phi) is 6.26. The van der Waals surface area contributed by atoms with Crippen LogP contribution in [-0.4, -0.2) is 11.5 Å². The summed E-state index contributed by atoms with van der Waals surface area (Å²) in [6.07, 6.45) is 8.28. The molecule has 1 aliphatic heterocycles. The number of aromatic nitrogens is 1. The highest BCUT2D eigenvalue weighted by Gasteiger charge is 2.36. The summed E-state index contributed by atoms with van der Waals surface area (Å²) in [7, 11) is 0. The van der Waals surface area contributed by atoms with Gasteiger partial charge in [0, 0.05) is 23.7 Å². The van der Waals surface area contributed by atoms with Gasteiger partial charge in [-0.2, -0.15) is 0 Å². The monoisotopic (exact) mass is 602 g/mol. The van der Waals surface area contributed by atoms with Crippen molar-refractivity contribution in [3.05, 3.63) is 169 Å².